The van der Waals surface area contributed by atoms with Crippen LogP contribution in [0.25, 0.3) is 0 Å². The van der Waals surface area contributed by atoms with Gasteiger partial charge in [0.1, 0.15) is 17.4 Å². The summed E-state index contributed by atoms with van der Waals surface area (Å²) in [6, 6.07) is -0.948. The number of carboxylic acid groups (broad SMARTS) is 1. The van der Waals surface area contributed by atoms with Crippen molar-refractivity contribution >= 4 is 11.9 Å². The molecule has 1 amide bonds. The molecule has 0 radical (unpaired) electrons. The number of nitrogens with zero attached hydrogens (tertiary/aromatic N) is 1. The molecule has 1 aromatic rings. The molecule has 0 aliphatic heterocycles. The van der Waals surface area contributed by atoms with Gasteiger partial charge in [-0.15, -0.1) is 0 Å². The number of ether oxygens (including phenoxy) is 1. The minimum atomic E-state index is -1.07. The molecule has 0 aromatic carbocycles. The lowest BCUT2D eigenvalue weighted by Crippen LogP contribution is -2.41. The Morgan fingerprint density at radius 2 is 2.20 bits per heavy atom. The number of carboxylic acids is 1. The van der Waals surface area contributed by atoms with Crippen LogP contribution in [0.4, 0.5) is 0 Å². The van der Waals surface area contributed by atoms with Gasteiger partial charge in [-0.2, -0.15) is 0 Å². The van der Waals surface area contributed by atoms with Gasteiger partial charge in [0.2, 0.25) is 0 Å². The fourth-order valence-electron chi connectivity index (χ4n) is 1.87. The van der Waals surface area contributed by atoms with Gasteiger partial charge in [0, 0.05) is 13.7 Å². The van der Waals surface area contributed by atoms with E-state index in [2.05, 4.69) is 10.5 Å². The van der Waals surface area contributed by atoms with Crippen LogP contribution in [-0.2, 0) is 16.0 Å². The summed E-state index contributed by atoms with van der Waals surface area (Å²) in [5.74, 6) is -1.15. The van der Waals surface area contributed by atoms with Crippen molar-refractivity contribution < 1.29 is 24.0 Å². The lowest BCUT2D eigenvalue weighted by Gasteiger charge is -2.14. The monoisotopic (exact) mass is 284 g/mol. The third-order valence-corrected chi connectivity index (χ3v) is 2.94. The summed E-state index contributed by atoms with van der Waals surface area (Å²) < 4.78 is 9.84. The Bertz CT molecular complexity index is 469. The Morgan fingerprint density at radius 3 is 2.75 bits per heavy atom. The number of nitrogens with one attached hydrogen (secondary N) is 1. The van der Waals surface area contributed by atoms with Crippen molar-refractivity contribution in [3.8, 4) is 0 Å². The van der Waals surface area contributed by atoms with E-state index in [0.717, 1.165) is 0 Å². The van der Waals surface area contributed by atoms with Crippen molar-refractivity contribution in [2.75, 3.05) is 13.7 Å². The summed E-state index contributed by atoms with van der Waals surface area (Å²) in [4.78, 5) is 23.3. The molecule has 7 nitrogen and oxygen atoms in total. The van der Waals surface area contributed by atoms with E-state index in [1.165, 1.54) is 0 Å². The summed E-state index contributed by atoms with van der Waals surface area (Å²) in [7, 11) is 1.54. The molecule has 0 aliphatic carbocycles. The first kappa shape index (κ1) is 16.2. The van der Waals surface area contributed by atoms with Gasteiger partial charge in [0.25, 0.3) is 5.91 Å². The second-order valence-corrected chi connectivity index (χ2v) is 4.41. The van der Waals surface area contributed by atoms with Crippen molar-refractivity contribution in [3.63, 3.8) is 0 Å². The van der Waals surface area contributed by atoms with Crippen LogP contribution >= 0.6 is 0 Å². The maximum Gasteiger partial charge on any atom is 0.326 e. The molecule has 1 unspecified atom stereocenters. The van der Waals surface area contributed by atoms with E-state index >= 15 is 0 Å². The van der Waals surface area contributed by atoms with Gasteiger partial charge in [-0.1, -0.05) is 12.1 Å². The maximum absolute atomic E-state index is 12.1. The van der Waals surface area contributed by atoms with Gasteiger partial charge in [-0.3, -0.25) is 4.79 Å². The Hall–Kier alpha value is -1.89. The molecule has 1 atom stereocenters. The molecule has 1 rings (SSSR count). The molecule has 0 spiro atoms. The average molecular weight is 284 g/mol. The minimum Gasteiger partial charge on any atom is -0.480 e. The second-order valence-electron chi connectivity index (χ2n) is 4.41. The summed E-state index contributed by atoms with van der Waals surface area (Å²) in [6.45, 7) is 3.93. The van der Waals surface area contributed by atoms with Crippen molar-refractivity contribution in [1.29, 1.82) is 0 Å². The fourth-order valence-corrected chi connectivity index (χ4v) is 1.87. The van der Waals surface area contributed by atoms with Crippen LogP contribution in [0.3, 0.4) is 0 Å². The molecule has 0 bridgehead atoms. The minimum absolute atomic E-state index is 0.306. The molecular weight excluding hydrogens is 264 g/mol. The van der Waals surface area contributed by atoms with Crippen LogP contribution in [0.2, 0.25) is 0 Å². The van der Waals surface area contributed by atoms with E-state index in [-0.39, 0.29) is 0 Å². The number of aromatic nitrogens is 1. The smallest absolute Gasteiger partial charge is 0.326 e. The second kappa shape index (κ2) is 7.64. The lowest BCUT2D eigenvalue weighted by atomic mass is 10.1. The van der Waals surface area contributed by atoms with Crippen LogP contribution in [0.5, 0.6) is 0 Å². The summed E-state index contributed by atoms with van der Waals surface area (Å²) in [6.07, 6.45) is 1.40. The number of amides is 1. The van der Waals surface area contributed by atoms with Gasteiger partial charge < -0.3 is 19.7 Å². The van der Waals surface area contributed by atoms with Crippen molar-refractivity contribution in [1.82, 2.24) is 10.5 Å². The summed E-state index contributed by atoms with van der Waals surface area (Å²) in [5.41, 5.74) is 0.853. The first-order chi connectivity index (χ1) is 9.51. The number of methoxy groups -OCH3 is 1. The molecular formula is C13H20N2O5. The molecule has 7 heteroatoms. The highest BCUT2D eigenvalue weighted by atomic mass is 16.5. The van der Waals surface area contributed by atoms with E-state index in [0.29, 0.717) is 42.9 Å². The number of hydrogen-bond acceptors (Lipinski definition) is 5. The first-order valence-electron chi connectivity index (χ1n) is 6.49. The molecule has 0 saturated heterocycles. The van der Waals surface area contributed by atoms with Gasteiger partial charge in [-0.25, -0.2) is 4.79 Å². The third kappa shape index (κ3) is 4.06. The first-order valence-corrected chi connectivity index (χ1v) is 6.49. The largest absolute Gasteiger partial charge is 0.480 e. The molecule has 1 aromatic heterocycles. The maximum atomic E-state index is 12.1. The van der Waals surface area contributed by atoms with Crippen molar-refractivity contribution in [3.05, 3.63) is 17.0 Å². The Labute approximate surface area is 117 Å². The molecule has 112 valence electrons. The van der Waals surface area contributed by atoms with Crippen LogP contribution < -0.4 is 5.32 Å². The zero-order chi connectivity index (χ0) is 15.1. The zero-order valence-corrected chi connectivity index (χ0v) is 11.9. The standard InChI is InChI=1S/C13H20N2O5/c1-4-9-11(8(2)20-15-9)12(16)14-10(13(17)18)6-5-7-19-3/h10H,4-7H2,1-3H3,(H,14,16)(H,17,18). The highest BCUT2D eigenvalue weighted by Gasteiger charge is 2.25. The molecule has 1 heterocycles. The SMILES string of the molecule is CCc1noc(C)c1C(=O)NC(CCCOC)C(=O)O. The lowest BCUT2D eigenvalue weighted by molar-refractivity contribution is -0.139. The highest BCUT2D eigenvalue weighted by Crippen LogP contribution is 2.14. The van der Waals surface area contributed by atoms with E-state index in [1.54, 1.807) is 14.0 Å². The van der Waals surface area contributed by atoms with Gasteiger partial charge >= 0.3 is 5.97 Å². The predicted octanol–water partition coefficient (Wildman–Crippen LogP) is 1.16. The number of carbonyl (C=O) groups is 2. The van der Waals surface area contributed by atoms with Crippen molar-refractivity contribution in [2.45, 2.75) is 39.2 Å². The van der Waals surface area contributed by atoms with Crippen molar-refractivity contribution in [2.24, 2.45) is 0 Å². The Balaban J connectivity index is 2.75. The van der Waals surface area contributed by atoms with Crippen LogP contribution in [-0.4, -0.2) is 41.9 Å². The predicted molar refractivity (Wildman–Crippen MR) is 70.6 cm³/mol. The number of carbonyl (C=O) groups excluding carboxylic acids is 1. The highest BCUT2D eigenvalue weighted by molar-refractivity contribution is 5.98. The summed E-state index contributed by atoms with van der Waals surface area (Å²) >= 11 is 0. The van der Waals surface area contributed by atoms with Gasteiger partial charge in [0.15, 0.2) is 0 Å². The molecule has 0 fully saturated rings. The van der Waals surface area contributed by atoms with E-state index in [4.69, 9.17) is 14.4 Å². The molecule has 0 saturated carbocycles. The van der Waals surface area contributed by atoms with Gasteiger partial charge in [0.05, 0.1) is 5.69 Å². The number of aliphatic carboxylic acids is 1. The molecule has 0 aliphatic rings. The fraction of sp³-hybridized carbons (Fsp3) is 0.615. The number of hydrogen-bond donors (Lipinski definition) is 2. The van der Waals surface area contributed by atoms with E-state index in [1.807, 2.05) is 6.92 Å². The normalized spacial score (nSPS) is 12.2. The van der Waals surface area contributed by atoms with Crippen LogP contribution in [0, 0.1) is 6.92 Å². The molecule has 20 heavy (non-hydrogen) atoms. The number of aryl methyl sites for hydroxylation is 2. The summed E-state index contributed by atoms with van der Waals surface area (Å²) in [5, 5.41) is 15.4. The average Bonchev–Trinajstić information content (AvgIpc) is 2.78. The van der Waals surface area contributed by atoms with Crippen LogP contribution in [0.1, 0.15) is 41.6 Å². The molecule has 2 N–H and O–H groups in total. The zero-order valence-electron chi connectivity index (χ0n) is 11.9. The topological polar surface area (TPSA) is 102 Å². The quantitative estimate of drug-likeness (QED) is 0.694. The Kier molecular flexibility index (Phi) is 6.17. The van der Waals surface area contributed by atoms with E-state index in [9.17, 15) is 9.59 Å². The third-order valence-electron chi connectivity index (χ3n) is 2.94. The van der Waals surface area contributed by atoms with E-state index < -0.39 is 17.9 Å². The van der Waals surface area contributed by atoms with Gasteiger partial charge in [-0.05, 0) is 26.2 Å². The van der Waals surface area contributed by atoms with Crippen LogP contribution in [0.15, 0.2) is 4.52 Å². The number of rotatable bonds is 8. The Morgan fingerprint density at radius 1 is 1.50 bits per heavy atom.